The van der Waals surface area contributed by atoms with Crippen LogP contribution in [-0.4, -0.2) is 16.5 Å². The topological polar surface area (TPSA) is 53.8 Å². The summed E-state index contributed by atoms with van der Waals surface area (Å²) < 4.78 is 0. The number of aromatic nitrogens is 1. The van der Waals surface area contributed by atoms with Crippen LogP contribution in [0.3, 0.4) is 0 Å². The molecule has 0 bridgehead atoms. The first-order chi connectivity index (χ1) is 15.2. The first-order valence-electron chi connectivity index (χ1n) is 11.0. The van der Waals surface area contributed by atoms with Crippen molar-refractivity contribution in [3.8, 4) is 17.2 Å². The van der Waals surface area contributed by atoms with E-state index in [1.165, 1.54) is 52.4 Å². The van der Waals surface area contributed by atoms with Crippen molar-refractivity contribution in [1.29, 1.82) is 5.26 Å². The Labute approximate surface area is 187 Å². The van der Waals surface area contributed by atoms with Crippen LogP contribution < -0.4 is 0 Å². The minimum atomic E-state index is 0.0844. The van der Waals surface area contributed by atoms with E-state index < -0.39 is 0 Å². The van der Waals surface area contributed by atoms with E-state index in [-0.39, 0.29) is 5.78 Å². The molecule has 0 spiro atoms. The number of benzene rings is 2. The maximum Gasteiger partial charge on any atom is 0.173 e. The van der Waals surface area contributed by atoms with E-state index in [4.69, 9.17) is 4.98 Å². The van der Waals surface area contributed by atoms with Crippen molar-refractivity contribution in [3.63, 3.8) is 0 Å². The Balaban J connectivity index is 1.34. The number of thioether (sulfide) groups is 1. The number of Topliss-reactive ketones (excluding diaryl/α,β-unsaturated/α-hetero) is 1. The number of carbonyl (C=O) groups is 1. The lowest BCUT2D eigenvalue weighted by atomic mass is 9.96. The van der Waals surface area contributed by atoms with E-state index in [0.717, 1.165) is 43.4 Å². The van der Waals surface area contributed by atoms with E-state index in [0.29, 0.717) is 16.3 Å². The molecule has 2 aliphatic carbocycles. The molecule has 3 nitrogen and oxygen atoms in total. The number of fused-ring (bicyclic) bond motifs is 4. The standard InChI is InChI=1S/C27H24N2OS/c28-16-22-14-19-8-3-1-2-4-10-25(19)29-27(22)31-17-26(30)20-11-12-24-21(15-20)13-18-7-5-6-9-23(18)24/h5-7,9,11-12,14-15H,1-4,8,10,13,17H2. The van der Waals surface area contributed by atoms with Gasteiger partial charge in [0.1, 0.15) is 11.1 Å². The van der Waals surface area contributed by atoms with Gasteiger partial charge in [0.05, 0.1) is 11.3 Å². The van der Waals surface area contributed by atoms with E-state index in [9.17, 15) is 10.1 Å². The predicted octanol–water partition coefficient (Wildman–Crippen LogP) is 6.16. The average Bonchev–Trinajstić information content (AvgIpc) is 3.15. The monoisotopic (exact) mass is 424 g/mol. The lowest BCUT2D eigenvalue weighted by Crippen LogP contribution is -2.07. The summed E-state index contributed by atoms with van der Waals surface area (Å²) in [4.78, 5) is 17.8. The SMILES string of the molecule is N#Cc1cc2c(nc1SCC(=O)c1ccc3c(c1)Cc1ccccc1-3)CCCCCC2. The number of nitriles is 1. The van der Waals surface area contributed by atoms with Gasteiger partial charge in [-0.15, -0.1) is 0 Å². The van der Waals surface area contributed by atoms with Crippen LogP contribution in [0.25, 0.3) is 11.1 Å². The summed E-state index contributed by atoms with van der Waals surface area (Å²) >= 11 is 1.40. The number of nitrogens with zero attached hydrogens (tertiary/aromatic N) is 2. The largest absolute Gasteiger partial charge is 0.293 e. The number of rotatable bonds is 4. The Kier molecular flexibility index (Phi) is 5.61. The minimum absolute atomic E-state index is 0.0844. The highest BCUT2D eigenvalue weighted by atomic mass is 32.2. The maximum atomic E-state index is 12.9. The van der Waals surface area contributed by atoms with Gasteiger partial charge in [0.2, 0.25) is 0 Å². The maximum absolute atomic E-state index is 12.9. The Morgan fingerprint density at radius 2 is 1.74 bits per heavy atom. The van der Waals surface area contributed by atoms with Crippen LogP contribution in [0, 0.1) is 11.3 Å². The molecular weight excluding hydrogens is 400 g/mol. The average molecular weight is 425 g/mol. The van der Waals surface area contributed by atoms with Crippen LogP contribution in [0.15, 0.2) is 53.6 Å². The molecule has 2 aromatic carbocycles. The Morgan fingerprint density at radius 1 is 0.935 bits per heavy atom. The molecule has 1 heterocycles. The Bertz CT molecular complexity index is 1210. The highest BCUT2D eigenvalue weighted by molar-refractivity contribution is 8.00. The molecule has 0 N–H and O–H groups in total. The summed E-state index contributed by atoms with van der Waals surface area (Å²) in [5.74, 6) is 0.382. The van der Waals surface area contributed by atoms with Gasteiger partial charge >= 0.3 is 0 Å². The lowest BCUT2D eigenvalue weighted by Gasteiger charge is -2.15. The van der Waals surface area contributed by atoms with E-state index >= 15 is 0 Å². The first kappa shape index (κ1) is 20.0. The Hall–Kier alpha value is -2.90. The predicted molar refractivity (Wildman–Crippen MR) is 125 cm³/mol. The van der Waals surface area contributed by atoms with Crippen molar-refractivity contribution in [3.05, 3.63) is 82.0 Å². The molecule has 154 valence electrons. The number of aryl methyl sites for hydroxylation is 2. The third-order valence-corrected chi connectivity index (χ3v) is 7.33. The third kappa shape index (κ3) is 4.03. The second kappa shape index (κ2) is 8.69. The lowest BCUT2D eigenvalue weighted by molar-refractivity contribution is 0.102. The first-order valence-corrected chi connectivity index (χ1v) is 12.0. The number of hydrogen-bond donors (Lipinski definition) is 0. The van der Waals surface area contributed by atoms with Gasteiger partial charge in [-0.25, -0.2) is 4.98 Å². The molecule has 0 unspecified atom stereocenters. The van der Waals surface area contributed by atoms with Crippen molar-refractivity contribution in [2.45, 2.75) is 50.0 Å². The van der Waals surface area contributed by atoms with Crippen LogP contribution in [0.4, 0.5) is 0 Å². The van der Waals surface area contributed by atoms with Gasteiger partial charge < -0.3 is 0 Å². The highest BCUT2D eigenvalue weighted by Gasteiger charge is 2.20. The fraction of sp³-hybridized carbons (Fsp3) is 0.296. The molecule has 0 fully saturated rings. The zero-order valence-electron chi connectivity index (χ0n) is 17.5. The fourth-order valence-electron chi connectivity index (χ4n) is 4.69. The van der Waals surface area contributed by atoms with Crippen LogP contribution in [0.1, 0.15) is 64.0 Å². The summed E-state index contributed by atoms with van der Waals surface area (Å²) in [7, 11) is 0. The molecule has 0 atom stereocenters. The van der Waals surface area contributed by atoms with Gasteiger partial charge in [0.25, 0.3) is 0 Å². The van der Waals surface area contributed by atoms with Crippen LogP contribution >= 0.6 is 11.8 Å². The summed E-state index contributed by atoms with van der Waals surface area (Å²) in [6.45, 7) is 0. The molecule has 1 aromatic heterocycles. The number of carbonyl (C=O) groups excluding carboxylic acids is 1. The van der Waals surface area contributed by atoms with E-state index in [1.54, 1.807) is 0 Å². The van der Waals surface area contributed by atoms with E-state index in [1.807, 2.05) is 18.2 Å². The quantitative estimate of drug-likeness (QED) is 0.291. The van der Waals surface area contributed by atoms with Gasteiger partial charge in [-0.2, -0.15) is 5.26 Å². The highest BCUT2D eigenvalue weighted by Crippen LogP contribution is 2.37. The minimum Gasteiger partial charge on any atom is -0.293 e. The number of hydrogen-bond acceptors (Lipinski definition) is 4. The van der Waals surface area contributed by atoms with Gasteiger partial charge in [-0.1, -0.05) is 61.0 Å². The Morgan fingerprint density at radius 3 is 2.61 bits per heavy atom. The second-order valence-electron chi connectivity index (χ2n) is 8.39. The summed E-state index contributed by atoms with van der Waals surface area (Å²) in [6.07, 6.45) is 7.64. The van der Waals surface area contributed by atoms with Crippen molar-refractivity contribution in [2.24, 2.45) is 0 Å². The van der Waals surface area contributed by atoms with E-state index in [2.05, 4.69) is 36.4 Å². The summed E-state index contributed by atoms with van der Waals surface area (Å²) in [6, 6.07) is 18.8. The molecule has 0 saturated carbocycles. The van der Waals surface area contributed by atoms with Crippen molar-refractivity contribution >= 4 is 17.5 Å². The molecule has 0 radical (unpaired) electrons. The smallest absolute Gasteiger partial charge is 0.173 e. The molecule has 0 aliphatic heterocycles. The fourth-order valence-corrected chi connectivity index (χ4v) is 5.56. The second-order valence-corrected chi connectivity index (χ2v) is 9.35. The van der Waals surface area contributed by atoms with Crippen molar-refractivity contribution in [2.75, 3.05) is 5.75 Å². The van der Waals surface area contributed by atoms with Gasteiger partial charge in [0, 0.05) is 11.3 Å². The third-order valence-electron chi connectivity index (χ3n) is 6.34. The van der Waals surface area contributed by atoms with Crippen LogP contribution in [-0.2, 0) is 19.3 Å². The molecule has 4 heteroatoms. The van der Waals surface area contributed by atoms with Crippen molar-refractivity contribution < 1.29 is 4.79 Å². The molecule has 3 aromatic rings. The zero-order chi connectivity index (χ0) is 21.2. The molecule has 5 rings (SSSR count). The normalized spacial score (nSPS) is 14.5. The van der Waals surface area contributed by atoms with Crippen LogP contribution in [0.5, 0.6) is 0 Å². The van der Waals surface area contributed by atoms with Gasteiger partial charge in [-0.3, -0.25) is 4.79 Å². The number of ketones is 1. The van der Waals surface area contributed by atoms with Gasteiger partial charge in [0.15, 0.2) is 5.78 Å². The molecule has 31 heavy (non-hydrogen) atoms. The zero-order valence-corrected chi connectivity index (χ0v) is 18.3. The molecule has 0 saturated heterocycles. The van der Waals surface area contributed by atoms with Gasteiger partial charge in [-0.05, 0) is 72.1 Å². The summed E-state index contributed by atoms with van der Waals surface area (Å²) in [5, 5.41) is 10.3. The van der Waals surface area contributed by atoms with Crippen LogP contribution in [0.2, 0.25) is 0 Å². The molecule has 2 aliphatic rings. The molecular formula is C27H24N2OS. The number of pyridine rings is 1. The summed E-state index contributed by atoms with van der Waals surface area (Å²) in [5.41, 5.74) is 8.71. The molecule has 0 amide bonds. The van der Waals surface area contributed by atoms with Crippen molar-refractivity contribution in [1.82, 2.24) is 4.98 Å².